The molecule has 3 aromatic rings. The van der Waals surface area contributed by atoms with E-state index in [4.69, 9.17) is 4.52 Å². The van der Waals surface area contributed by atoms with Crippen molar-refractivity contribution in [1.82, 2.24) is 20.0 Å². The van der Waals surface area contributed by atoms with E-state index in [1.54, 1.807) is 17.3 Å². The lowest BCUT2D eigenvalue weighted by Crippen LogP contribution is -2.38. The van der Waals surface area contributed by atoms with Gasteiger partial charge in [-0.15, -0.1) is 0 Å². The summed E-state index contributed by atoms with van der Waals surface area (Å²) in [4.78, 5) is 22.3. The Balaban J connectivity index is 1.45. The molecule has 1 aliphatic heterocycles. The Labute approximate surface area is 171 Å². The number of rotatable bonds is 4. The van der Waals surface area contributed by atoms with Crippen molar-refractivity contribution in [3.8, 4) is 0 Å². The fourth-order valence-corrected chi connectivity index (χ4v) is 3.96. The van der Waals surface area contributed by atoms with Gasteiger partial charge in [0, 0.05) is 43.5 Å². The Kier molecular flexibility index (Phi) is 5.44. The first-order valence-corrected chi connectivity index (χ1v) is 9.83. The largest absolute Gasteiger partial charge is 0.417 e. The van der Waals surface area contributed by atoms with E-state index < -0.39 is 11.7 Å². The zero-order valence-electron chi connectivity index (χ0n) is 16.4. The molecule has 0 radical (unpaired) electrons. The van der Waals surface area contributed by atoms with Crippen LogP contribution in [-0.4, -0.2) is 39.0 Å². The van der Waals surface area contributed by atoms with E-state index in [1.165, 1.54) is 6.92 Å². The highest BCUT2D eigenvalue weighted by Gasteiger charge is 2.37. The normalized spacial score (nSPS) is 15.7. The summed E-state index contributed by atoms with van der Waals surface area (Å²) in [7, 11) is 0. The van der Waals surface area contributed by atoms with Gasteiger partial charge >= 0.3 is 6.18 Å². The molecule has 0 unspecified atom stereocenters. The van der Waals surface area contributed by atoms with Crippen LogP contribution >= 0.6 is 0 Å². The number of piperidine rings is 1. The SMILES string of the molecule is Cc1cc(C(F)(F)F)c2c(C3CCN(C(=O)CCc4ccncc4)CC3)noc2n1. The standard InChI is InChI=1S/C21H21F3N4O2/c1-13-12-16(21(22,23)24)18-19(27-30-20(18)26-13)15-6-10-28(11-7-15)17(29)3-2-14-4-8-25-9-5-14/h4-5,8-9,12,15H,2-3,6-7,10-11H2,1H3. The minimum atomic E-state index is -4.52. The number of hydrogen-bond acceptors (Lipinski definition) is 5. The number of hydrogen-bond donors (Lipinski definition) is 0. The molecule has 6 nitrogen and oxygen atoms in total. The molecule has 158 valence electrons. The van der Waals surface area contributed by atoms with Gasteiger partial charge in [-0.2, -0.15) is 13.2 Å². The van der Waals surface area contributed by atoms with Gasteiger partial charge in [-0.1, -0.05) is 5.16 Å². The van der Waals surface area contributed by atoms with Gasteiger partial charge in [-0.05, 0) is 49.9 Å². The Morgan fingerprint density at radius 3 is 2.60 bits per heavy atom. The molecular weight excluding hydrogens is 397 g/mol. The summed E-state index contributed by atoms with van der Waals surface area (Å²) in [5.74, 6) is -0.162. The van der Waals surface area contributed by atoms with E-state index in [9.17, 15) is 18.0 Å². The number of pyridine rings is 2. The Morgan fingerprint density at radius 2 is 1.93 bits per heavy atom. The lowest BCUT2D eigenvalue weighted by molar-refractivity contribution is -0.136. The van der Waals surface area contributed by atoms with Crippen molar-refractivity contribution in [2.75, 3.05) is 13.1 Å². The van der Waals surface area contributed by atoms with Crippen LogP contribution in [0.25, 0.3) is 11.1 Å². The van der Waals surface area contributed by atoms with Crippen LogP contribution in [0.15, 0.2) is 35.1 Å². The van der Waals surface area contributed by atoms with Crippen molar-refractivity contribution in [1.29, 1.82) is 0 Å². The average Bonchev–Trinajstić information content (AvgIpc) is 3.15. The van der Waals surface area contributed by atoms with Crippen LogP contribution in [-0.2, 0) is 17.4 Å². The first-order chi connectivity index (χ1) is 14.3. The number of carbonyl (C=O) groups excluding carboxylic acids is 1. The Hall–Kier alpha value is -2.97. The number of aryl methyl sites for hydroxylation is 2. The summed E-state index contributed by atoms with van der Waals surface area (Å²) < 4.78 is 45.8. The number of fused-ring (bicyclic) bond motifs is 1. The molecule has 1 fully saturated rings. The number of likely N-dealkylation sites (tertiary alicyclic amines) is 1. The summed E-state index contributed by atoms with van der Waals surface area (Å²) in [6.45, 7) is 2.45. The average molecular weight is 418 g/mol. The van der Waals surface area contributed by atoms with Crippen molar-refractivity contribution < 1.29 is 22.5 Å². The number of aromatic nitrogens is 3. The van der Waals surface area contributed by atoms with Crippen LogP contribution in [0.5, 0.6) is 0 Å². The van der Waals surface area contributed by atoms with E-state index in [-0.39, 0.29) is 34.3 Å². The number of carbonyl (C=O) groups is 1. The van der Waals surface area contributed by atoms with Gasteiger partial charge in [0.25, 0.3) is 5.71 Å². The van der Waals surface area contributed by atoms with E-state index in [2.05, 4.69) is 15.1 Å². The summed E-state index contributed by atoms with van der Waals surface area (Å²) in [5, 5.41) is 3.87. The summed E-state index contributed by atoms with van der Waals surface area (Å²) in [6.07, 6.45) is 0.966. The Morgan fingerprint density at radius 1 is 1.23 bits per heavy atom. The zero-order chi connectivity index (χ0) is 21.3. The van der Waals surface area contributed by atoms with Crippen LogP contribution in [0.4, 0.5) is 13.2 Å². The second-order valence-corrected chi connectivity index (χ2v) is 7.57. The molecule has 0 N–H and O–H groups in total. The molecule has 0 aliphatic carbocycles. The molecule has 30 heavy (non-hydrogen) atoms. The van der Waals surface area contributed by atoms with Gasteiger partial charge in [-0.25, -0.2) is 4.98 Å². The zero-order valence-corrected chi connectivity index (χ0v) is 16.4. The van der Waals surface area contributed by atoms with Gasteiger partial charge in [0.2, 0.25) is 5.91 Å². The molecule has 0 aromatic carbocycles. The maximum absolute atomic E-state index is 13.6. The number of halogens is 3. The maximum atomic E-state index is 13.6. The molecule has 0 saturated carbocycles. The minimum absolute atomic E-state index is 0.0449. The van der Waals surface area contributed by atoms with Crippen molar-refractivity contribution in [3.05, 3.63) is 53.1 Å². The van der Waals surface area contributed by atoms with Crippen molar-refractivity contribution in [2.45, 2.75) is 44.7 Å². The van der Waals surface area contributed by atoms with Gasteiger partial charge in [0.15, 0.2) is 0 Å². The molecule has 0 atom stereocenters. The molecule has 4 heterocycles. The Bertz CT molecular complexity index is 1040. The highest BCUT2D eigenvalue weighted by Crippen LogP contribution is 2.40. The quantitative estimate of drug-likeness (QED) is 0.632. The lowest BCUT2D eigenvalue weighted by atomic mass is 9.90. The second kappa shape index (κ2) is 8.04. The fraction of sp³-hybridized carbons (Fsp3) is 0.429. The predicted octanol–water partition coefficient (Wildman–Crippen LogP) is 4.28. The third-order valence-electron chi connectivity index (χ3n) is 5.52. The van der Waals surface area contributed by atoms with E-state index >= 15 is 0 Å². The van der Waals surface area contributed by atoms with Crippen LogP contribution in [0, 0.1) is 6.92 Å². The van der Waals surface area contributed by atoms with Gasteiger partial charge in [0.1, 0.15) is 0 Å². The van der Waals surface area contributed by atoms with Crippen LogP contribution in [0.2, 0.25) is 0 Å². The van der Waals surface area contributed by atoms with Gasteiger partial charge in [-0.3, -0.25) is 9.78 Å². The van der Waals surface area contributed by atoms with Crippen molar-refractivity contribution in [3.63, 3.8) is 0 Å². The number of nitrogens with zero attached hydrogens (tertiary/aromatic N) is 4. The number of amides is 1. The summed E-state index contributed by atoms with van der Waals surface area (Å²) in [5.41, 5.74) is 0.705. The summed E-state index contributed by atoms with van der Waals surface area (Å²) in [6, 6.07) is 4.78. The third-order valence-corrected chi connectivity index (χ3v) is 5.52. The van der Waals surface area contributed by atoms with Gasteiger partial charge in [0.05, 0.1) is 16.6 Å². The molecular formula is C21H21F3N4O2. The van der Waals surface area contributed by atoms with E-state index in [0.29, 0.717) is 38.8 Å². The molecule has 1 amide bonds. The molecule has 1 aliphatic rings. The number of alkyl halides is 3. The third kappa shape index (κ3) is 4.15. The highest BCUT2D eigenvalue weighted by atomic mass is 19.4. The van der Waals surface area contributed by atoms with Crippen LogP contribution in [0.3, 0.4) is 0 Å². The predicted molar refractivity (Wildman–Crippen MR) is 103 cm³/mol. The smallest absolute Gasteiger partial charge is 0.343 e. The van der Waals surface area contributed by atoms with Crippen LogP contribution < -0.4 is 0 Å². The second-order valence-electron chi connectivity index (χ2n) is 7.57. The first kappa shape index (κ1) is 20.3. The van der Waals surface area contributed by atoms with E-state index in [1.807, 2.05) is 12.1 Å². The molecule has 0 bridgehead atoms. The van der Waals surface area contributed by atoms with Crippen LogP contribution in [0.1, 0.15) is 47.7 Å². The molecule has 4 rings (SSSR count). The minimum Gasteiger partial charge on any atom is -0.343 e. The molecule has 9 heteroatoms. The van der Waals surface area contributed by atoms with E-state index in [0.717, 1.165) is 11.6 Å². The molecule has 0 spiro atoms. The molecule has 1 saturated heterocycles. The molecule has 3 aromatic heterocycles. The van der Waals surface area contributed by atoms with Gasteiger partial charge < -0.3 is 9.42 Å². The lowest BCUT2D eigenvalue weighted by Gasteiger charge is -2.31. The maximum Gasteiger partial charge on any atom is 0.417 e. The van der Waals surface area contributed by atoms with Crippen molar-refractivity contribution >= 4 is 17.0 Å². The summed E-state index contributed by atoms with van der Waals surface area (Å²) >= 11 is 0. The van der Waals surface area contributed by atoms with Crippen molar-refractivity contribution in [2.24, 2.45) is 0 Å². The highest BCUT2D eigenvalue weighted by molar-refractivity contribution is 5.82. The first-order valence-electron chi connectivity index (χ1n) is 9.83. The fourth-order valence-electron chi connectivity index (χ4n) is 3.96. The topological polar surface area (TPSA) is 72.1 Å². The monoisotopic (exact) mass is 418 g/mol.